The first-order chi connectivity index (χ1) is 15.4. The van der Waals surface area contributed by atoms with E-state index in [2.05, 4.69) is 28.2 Å². The number of carbonyl (C=O) groups excluding carboxylic acids is 1. The topological polar surface area (TPSA) is 68.2 Å². The number of methoxy groups -OCH3 is 1. The fourth-order valence-electron chi connectivity index (χ4n) is 4.51. The van der Waals surface area contributed by atoms with Gasteiger partial charge >= 0.3 is 0 Å². The minimum atomic E-state index is 0.00842. The maximum Gasteiger partial charge on any atom is 0.257 e. The Labute approximate surface area is 189 Å². The molecular formula is C26H30N4O2. The van der Waals surface area contributed by atoms with E-state index in [4.69, 9.17) is 9.72 Å². The van der Waals surface area contributed by atoms with Gasteiger partial charge in [0.25, 0.3) is 5.91 Å². The molecule has 166 valence electrons. The zero-order valence-electron chi connectivity index (χ0n) is 19.3. The molecule has 1 unspecified atom stereocenters. The summed E-state index contributed by atoms with van der Waals surface area (Å²) in [5.41, 5.74) is 5.75. The maximum atomic E-state index is 13.2. The van der Waals surface area contributed by atoms with Crippen LogP contribution in [0.3, 0.4) is 0 Å². The van der Waals surface area contributed by atoms with Gasteiger partial charge in [-0.3, -0.25) is 9.78 Å². The molecule has 1 aromatic carbocycles. The Kier molecular flexibility index (Phi) is 6.49. The van der Waals surface area contributed by atoms with Gasteiger partial charge in [-0.1, -0.05) is 18.2 Å². The van der Waals surface area contributed by atoms with Crippen molar-refractivity contribution in [1.82, 2.24) is 19.9 Å². The van der Waals surface area contributed by atoms with Crippen molar-refractivity contribution in [2.45, 2.75) is 46.0 Å². The molecule has 0 bridgehead atoms. The van der Waals surface area contributed by atoms with Gasteiger partial charge in [-0.25, -0.2) is 9.97 Å². The first-order valence-corrected chi connectivity index (χ1v) is 11.1. The van der Waals surface area contributed by atoms with Crippen molar-refractivity contribution in [2.24, 2.45) is 0 Å². The fraction of sp³-hybridized carbons (Fsp3) is 0.385. The average Bonchev–Trinajstić information content (AvgIpc) is 2.79. The van der Waals surface area contributed by atoms with Crippen LogP contribution in [0.4, 0.5) is 0 Å². The van der Waals surface area contributed by atoms with Crippen LogP contribution in [0.15, 0.2) is 42.6 Å². The van der Waals surface area contributed by atoms with E-state index in [1.54, 1.807) is 13.3 Å². The number of nitrogens with zero attached hydrogens (tertiary/aromatic N) is 4. The Balaban J connectivity index is 1.55. The second kappa shape index (κ2) is 9.47. The van der Waals surface area contributed by atoms with Crippen molar-refractivity contribution in [3.8, 4) is 5.75 Å². The Hall–Kier alpha value is -3.28. The lowest BCUT2D eigenvalue weighted by atomic mass is 9.92. The standard InChI is InChI=1S/C26H30N4O2/c1-17-12-20(13-21-8-5-6-10-25(21)32-4)14-24(28-17)22-9-7-11-30(16-22)26(31)23-15-27-19(3)29-18(23)2/h5-6,8,10,12,14-15,22H,7,9,11,13,16H2,1-4H3. The SMILES string of the molecule is COc1ccccc1Cc1cc(C)nc(C2CCCN(C(=O)c3cnc(C)nc3C)C2)c1. The highest BCUT2D eigenvalue weighted by molar-refractivity contribution is 5.95. The number of benzene rings is 1. The number of pyridine rings is 1. The van der Waals surface area contributed by atoms with Gasteiger partial charge in [0.15, 0.2) is 0 Å². The van der Waals surface area contributed by atoms with Crippen LogP contribution in [-0.4, -0.2) is 46.0 Å². The van der Waals surface area contributed by atoms with E-state index in [0.717, 1.165) is 54.2 Å². The van der Waals surface area contributed by atoms with Crippen LogP contribution >= 0.6 is 0 Å². The Bertz CT molecular complexity index is 1130. The molecule has 1 saturated heterocycles. The first-order valence-electron chi connectivity index (χ1n) is 11.1. The molecule has 1 atom stereocenters. The molecule has 6 nitrogen and oxygen atoms in total. The summed E-state index contributed by atoms with van der Waals surface area (Å²) < 4.78 is 5.52. The summed E-state index contributed by atoms with van der Waals surface area (Å²) in [6.45, 7) is 7.16. The molecule has 1 fully saturated rings. The van der Waals surface area contributed by atoms with E-state index < -0.39 is 0 Å². The van der Waals surface area contributed by atoms with Gasteiger partial charge in [0.05, 0.1) is 18.4 Å². The van der Waals surface area contributed by atoms with Crippen molar-refractivity contribution in [3.63, 3.8) is 0 Å². The largest absolute Gasteiger partial charge is 0.496 e. The number of aromatic nitrogens is 3. The molecule has 1 amide bonds. The smallest absolute Gasteiger partial charge is 0.257 e. The lowest BCUT2D eigenvalue weighted by molar-refractivity contribution is 0.0704. The number of carbonyl (C=O) groups is 1. The number of para-hydroxylation sites is 1. The van der Waals surface area contributed by atoms with Gasteiger partial charge in [0.1, 0.15) is 11.6 Å². The third-order valence-corrected chi connectivity index (χ3v) is 6.08. The fourth-order valence-corrected chi connectivity index (χ4v) is 4.51. The Morgan fingerprint density at radius 2 is 1.97 bits per heavy atom. The lowest BCUT2D eigenvalue weighted by Gasteiger charge is -2.33. The van der Waals surface area contributed by atoms with Gasteiger partial charge in [0, 0.05) is 43.0 Å². The summed E-state index contributed by atoms with van der Waals surface area (Å²) in [5, 5.41) is 0. The molecule has 3 heterocycles. The predicted octanol–water partition coefficient (Wildman–Crippen LogP) is 4.42. The van der Waals surface area contributed by atoms with Gasteiger partial charge < -0.3 is 9.64 Å². The summed E-state index contributed by atoms with van der Waals surface area (Å²) in [4.78, 5) is 28.5. The van der Waals surface area contributed by atoms with Crippen molar-refractivity contribution in [2.75, 3.05) is 20.2 Å². The van der Waals surface area contributed by atoms with Gasteiger partial charge in [-0.05, 0) is 62.9 Å². The zero-order valence-corrected chi connectivity index (χ0v) is 19.3. The molecule has 1 aliphatic heterocycles. The molecule has 6 heteroatoms. The van der Waals surface area contributed by atoms with Crippen molar-refractivity contribution < 1.29 is 9.53 Å². The van der Waals surface area contributed by atoms with Gasteiger partial charge in [0.2, 0.25) is 0 Å². The minimum absolute atomic E-state index is 0.00842. The zero-order chi connectivity index (χ0) is 22.7. The third-order valence-electron chi connectivity index (χ3n) is 6.08. The molecule has 0 N–H and O–H groups in total. The van der Waals surface area contributed by atoms with Crippen LogP contribution in [0.2, 0.25) is 0 Å². The van der Waals surface area contributed by atoms with E-state index in [1.807, 2.05) is 43.9 Å². The van der Waals surface area contributed by atoms with Gasteiger partial charge in [-0.2, -0.15) is 0 Å². The van der Waals surface area contributed by atoms with Gasteiger partial charge in [-0.15, -0.1) is 0 Å². The van der Waals surface area contributed by atoms with E-state index in [9.17, 15) is 4.79 Å². The number of aryl methyl sites for hydroxylation is 3. The normalized spacial score (nSPS) is 16.1. The summed E-state index contributed by atoms with van der Waals surface area (Å²) in [6.07, 6.45) is 4.42. The monoisotopic (exact) mass is 430 g/mol. The highest BCUT2D eigenvalue weighted by Gasteiger charge is 2.28. The molecule has 2 aromatic heterocycles. The van der Waals surface area contributed by atoms with Crippen molar-refractivity contribution in [3.05, 3.63) is 82.2 Å². The molecule has 0 saturated carbocycles. The molecule has 0 radical (unpaired) electrons. The number of likely N-dealkylation sites (tertiary alicyclic amines) is 1. The molecule has 0 spiro atoms. The van der Waals surface area contributed by atoms with E-state index >= 15 is 0 Å². The molecule has 0 aliphatic carbocycles. The minimum Gasteiger partial charge on any atom is -0.496 e. The molecule has 32 heavy (non-hydrogen) atoms. The van der Waals surface area contributed by atoms with Crippen molar-refractivity contribution >= 4 is 5.91 Å². The maximum absolute atomic E-state index is 13.2. The van der Waals surface area contributed by atoms with Crippen LogP contribution in [0.25, 0.3) is 0 Å². The average molecular weight is 431 g/mol. The third kappa shape index (κ3) is 4.79. The summed E-state index contributed by atoms with van der Waals surface area (Å²) >= 11 is 0. The van der Waals surface area contributed by atoms with Crippen LogP contribution in [0.1, 0.15) is 63.2 Å². The predicted molar refractivity (Wildman–Crippen MR) is 124 cm³/mol. The van der Waals surface area contributed by atoms with E-state index in [-0.39, 0.29) is 11.8 Å². The second-order valence-electron chi connectivity index (χ2n) is 8.54. The number of ether oxygens (including phenoxy) is 1. The molecule has 1 aliphatic rings. The van der Waals surface area contributed by atoms with Crippen LogP contribution in [0.5, 0.6) is 5.75 Å². The number of piperidine rings is 1. The summed E-state index contributed by atoms with van der Waals surface area (Å²) in [5.74, 6) is 1.81. The highest BCUT2D eigenvalue weighted by atomic mass is 16.5. The van der Waals surface area contributed by atoms with Crippen molar-refractivity contribution in [1.29, 1.82) is 0 Å². The Morgan fingerprint density at radius 3 is 2.75 bits per heavy atom. The molecular weight excluding hydrogens is 400 g/mol. The first kappa shape index (κ1) is 21.9. The Morgan fingerprint density at radius 1 is 1.16 bits per heavy atom. The number of hydrogen-bond donors (Lipinski definition) is 0. The van der Waals surface area contributed by atoms with E-state index in [0.29, 0.717) is 17.9 Å². The molecule has 3 aromatic rings. The van der Waals surface area contributed by atoms with E-state index in [1.165, 1.54) is 5.56 Å². The number of hydrogen-bond acceptors (Lipinski definition) is 5. The lowest BCUT2D eigenvalue weighted by Crippen LogP contribution is -2.39. The summed E-state index contributed by atoms with van der Waals surface area (Å²) in [7, 11) is 1.70. The summed E-state index contributed by atoms with van der Waals surface area (Å²) in [6, 6.07) is 12.4. The van der Waals surface area contributed by atoms with Crippen LogP contribution < -0.4 is 4.74 Å². The highest BCUT2D eigenvalue weighted by Crippen LogP contribution is 2.29. The number of amides is 1. The van der Waals surface area contributed by atoms with Crippen LogP contribution in [0, 0.1) is 20.8 Å². The second-order valence-corrected chi connectivity index (χ2v) is 8.54. The number of rotatable bonds is 5. The van der Waals surface area contributed by atoms with Crippen LogP contribution in [-0.2, 0) is 6.42 Å². The molecule has 4 rings (SSSR count). The quantitative estimate of drug-likeness (QED) is 0.600.